The summed E-state index contributed by atoms with van der Waals surface area (Å²) in [5.74, 6) is -7.17. The molecule has 0 radical (unpaired) electrons. The second-order valence-electron chi connectivity index (χ2n) is 12.0. The summed E-state index contributed by atoms with van der Waals surface area (Å²) in [4.78, 5) is 52.8. The monoisotopic (exact) mass is 575 g/mol. The van der Waals surface area contributed by atoms with Crippen LogP contribution in [0.5, 0.6) is 5.75 Å². The van der Waals surface area contributed by atoms with E-state index < -0.39 is 69.3 Å². The van der Waals surface area contributed by atoms with E-state index in [2.05, 4.69) is 5.32 Å². The Morgan fingerprint density at radius 1 is 1.23 bits per heavy atom. The van der Waals surface area contributed by atoms with Crippen LogP contribution in [-0.2, 0) is 27.3 Å². The van der Waals surface area contributed by atoms with E-state index in [0.29, 0.717) is 11.1 Å². The molecule has 4 atom stereocenters. The van der Waals surface area contributed by atoms with Crippen LogP contribution in [0.4, 0.5) is 0 Å². The third-order valence-electron chi connectivity index (χ3n) is 8.03. The maximum Gasteiger partial charge on any atom is 0.255 e. The Balaban J connectivity index is 1.71. The second kappa shape index (κ2) is 9.90. The number of halogens is 1. The number of nitrogens with zero attached hydrogens (tertiary/aromatic N) is 1. The number of phenols is 1. The maximum absolute atomic E-state index is 13.6. The molecule has 0 aliphatic heterocycles. The van der Waals surface area contributed by atoms with Gasteiger partial charge in [-0.25, -0.2) is 0 Å². The molecule has 1 aromatic rings. The Bertz CT molecular complexity index is 1410. The van der Waals surface area contributed by atoms with Crippen molar-refractivity contribution in [2.45, 2.75) is 70.7 Å². The smallest absolute Gasteiger partial charge is 0.255 e. The fourth-order valence-corrected chi connectivity index (χ4v) is 6.20. The van der Waals surface area contributed by atoms with Crippen molar-refractivity contribution in [2.24, 2.45) is 17.6 Å². The summed E-state index contributed by atoms with van der Waals surface area (Å²) in [7, 11) is 1.73. The van der Waals surface area contributed by atoms with Crippen LogP contribution in [0.15, 0.2) is 28.7 Å². The molecule has 0 fully saturated rings. The number of ketones is 2. The molecule has 0 aromatic heterocycles. The van der Waals surface area contributed by atoms with Crippen LogP contribution >= 0.6 is 11.6 Å². The molecule has 0 saturated heterocycles. The van der Waals surface area contributed by atoms with Crippen LogP contribution in [0.2, 0.25) is 5.02 Å². The molecular formula is C28H34ClN3O8. The number of primary amides is 1. The SMILES string of the molecule is C[C@H](C(=O)NC(C)(C)C)N(C)Cc1cc(O)c2c(c1Cl)CC1CC3CC(O)=C(C(N)=O)C(=O)C3(O)C(O)=C1C2=O. The van der Waals surface area contributed by atoms with Crippen LogP contribution in [0.3, 0.4) is 0 Å². The molecule has 2 amide bonds. The average molecular weight is 576 g/mol. The number of likely N-dealkylation sites (N-methyl/N-ethyl adjacent to an activating group) is 1. The number of aliphatic hydroxyl groups is 3. The van der Waals surface area contributed by atoms with Crippen molar-refractivity contribution in [3.63, 3.8) is 0 Å². The first kappa shape index (κ1) is 29.6. The number of aliphatic hydroxyl groups excluding tert-OH is 2. The van der Waals surface area contributed by atoms with Crippen molar-refractivity contribution in [3.05, 3.63) is 50.4 Å². The van der Waals surface area contributed by atoms with Crippen molar-refractivity contribution in [1.82, 2.24) is 10.2 Å². The van der Waals surface area contributed by atoms with E-state index >= 15 is 0 Å². The normalized spacial score (nSPS) is 25.4. The zero-order valence-electron chi connectivity index (χ0n) is 23.0. The number of allylic oxidation sites excluding steroid dienone is 2. The predicted molar refractivity (Wildman–Crippen MR) is 145 cm³/mol. The highest BCUT2D eigenvalue weighted by Crippen LogP contribution is 2.52. The molecule has 3 aliphatic carbocycles. The molecule has 3 unspecified atom stereocenters. The van der Waals surface area contributed by atoms with Crippen LogP contribution in [0.1, 0.15) is 62.0 Å². The Hall–Kier alpha value is -3.41. The fraction of sp³-hybridized carbons (Fsp3) is 0.500. The number of hydrogen-bond donors (Lipinski definition) is 6. The molecule has 0 saturated carbocycles. The van der Waals surface area contributed by atoms with Gasteiger partial charge in [-0.1, -0.05) is 11.6 Å². The minimum absolute atomic E-state index is 0.00808. The number of aromatic hydroxyl groups is 1. The van der Waals surface area contributed by atoms with Gasteiger partial charge in [0, 0.05) is 35.0 Å². The molecule has 0 spiro atoms. The number of hydrogen-bond acceptors (Lipinski definition) is 9. The Morgan fingerprint density at radius 2 is 1.85 bits per heavy atom. The lowest BCUT2D eigenvalue weighted by Crippen LogP contribution is -2.57. The van der Waals surface area contributed by atoms with Crippen LogP contribution in [0.25, 0.3) is 0 Å². The summed E-state index contributed by atoms with van der Waals surface area (Å²) in [5, 5.41) is 46.8. The van der Waals surface area contributed by atoms with Gasteiger partial charge in [-0.3, -0.25) is 24.1 Å². The lowest BCUT2D eigenvalue weighted by Gasteiger charge is -2.45. The van der Waals surface area contributed by atoms with Crippen molar-refractivity contribution in [1.29, 1.82) is 0 Å². The number of rotatable bonds is 5. The van der Waals surface area contributed by atoms with Gasteiger partial charge in [0.1, 0.15) is 22.8 Å². The summed E-state index contributed by atoms with van der Waals surface area (Å²) < 4.78 is 0. The summed E-state index contributed by atoms with van der Waals surface area (Å²) in [6.45, 7) is 7.53. The first-order valence-electron chi connectivity index (χ1n) is 12.9. The summed E-state index contributed by atoms with van der Waals surface area (Å²) in [5.41, 5.74) is 1.75. The first-order chi connectivity index (χ1) is 18.4. The van der Waals surface area contributed by atoms with Gasteiger partial charge in [0.25, 0.3) is 5.91 Å². The van der Waals surface area contributed by atoms with Gasteiger partial charge >= 0.3 is 0 Å². The van der Waals surface area contributed by atoms with Gasteiger partial charge < -0.3 is 31.5 Å². The molecule has 4 rings (SSSR count). The van der Waals surface area contributed by atoms with Crippen LogP contribution in [0, 0.1) is 11.8 Å². The first-order valence-corrected chi connectivity index (χ1v) is 13.3. The van der Waals surface area contributed by atoms with E-state index in [4.69, 9.17) is 17.3 Å². The van der Waals surface area contributed by atoms with E-state index in [9.17, 15) is 39.6 Å². The summed E-state index contributed by atoms with van der Waals surface area (Å²) in [6, 6.07) is 0.785. The van der Waals surface area contributed by atoms with Gasteiger partial charge in [-0.15, -0.1) is 0 Å². The Labute approximate surface area is 236 Å². The van der Waals surface area contributed by atoms with Crippen molar-refractivity contribution in [2.75, 3.05) is 7.05 Å². The molecule has 11 nitrogen and oxygen atoms in total. The van der Waals surface area contributed by atoms with E-state index in [0.717, 1.165) is 0 Å². The van der Waals surface area contributed by atoms with Gasteiger partial charge in [0.2, 0.25) is 11.7 Å². The van der Waals surface area contributed by atoms with Crippen LogP contribution in [-0.4, -0.2) is 72.9 Å². The van der Waals surface area contributed by atoms with Crippen molar-refractivity contribution < 1.29 is 39.6 Å². The predicted octanol–water partition coefficient (Wildman–Crippen LogP) is 1.97. The second-order valence-corrected chi connectivity index (χ2v) is 12.3. The van der Waals surface area contributed by atoms with E-state index in [1.54, 1.807) is 18.9 Å². The highest BCUT2D eigenvalue weighted by molar-refractivity contribution is 6.33. The molecule has 40 heavy (non-hydrogen) atoms. The minimum atomic E-state index is -2.62. The third kappa shape index (κ3) is 4.65. The van der Waals surface area contributed by atoms with Crippen molar-refractivity contribution >= 4 is 35.0 Å². The molecule has 1 aromatic carbocycles. The van der Waals surface area contributed by atoms with E-state index in [-0.39, 0.29) is 47.9 Å². The molecule has 216 valence electrons. The largest absolute Gasteiger partial charge is 0.511 e. The van der Waals surface area contributed by atoms with Crippen LogP contribution < -0.4 is 11.1 Å². The van der Waals surface area contributed by atoms with Gasteiger partial charge in [-0.05, 0) is 70.7 Å². The maximum atomic E-state index is 13.6. The quantitative estimate of drug-likeness (QED) is 0.285. The zero-order valence-corrected chi connectivity index (χ0v) is 23.7. The van der Waals surface area contributed by atoms with Gasteiger partial charge in [-0.2, -0.15) is 0 Å². The zero-order chi connectivity index (χ0) is 30.1. The van der Waals surface area contributed by atoms with Crippen molar-refractivity contribution in [3.8, 4) is 5.75 Å². The Morgan fingerprint density at radius 3 is 2.42 bits per heavy atom. The Kier molecular flexibility index (Phi) is 7.32. The van der Waals surface area contributed by atoms with Gasteiger partial charge in [0.05, 0.1) is 11.6 Å². The topological polar surface area (TPSA) is 190 Å². The van der Waals surface area contributed by atoms with E-state index in [1.165, 1.54) is 6.07 Å². The number of carbonyl (C=O) groups excluding carboxylic acids is 4. The number of benzene rings is 1. The number of Topliss-reactive ketones (excluding diaryl/α,β-unsaturated/α-hetero) is 2. The molecule has 7 N–H and O–H groups in total. The van der Waals surface area contributed by atoms with Gasteiger partial charge in [0.15, 0.2) is 11.4 Å². The highest BCUT2D eigenvalue weighted by Gasteiger charge is 2.59. The molecule has 0 heterocycles. The number of amides is 2. The molecule has 0 bridgehead atoms. The number of fused-ring (bicyclic) bond motifs is 3. The highest BCUT2D eigenvalue weighted by atomic mass is 35.5. The van der Waals surface area contributed by atoms with E-state index in [1.807, 2.05) is 20.8 Å². The molecule has 12 heteroatoms. The molecule has 3 aliphatic rings. The number of carbonyl (C=O) groups is 4. The number of phenolic OH excluding ortho intramolecular Hbond substituents is 1. The average Bonchev–Trinajstić information content (AvgIpc) is 2.82. The fourth-order valence-electron chi connectivity index (χ4n) is 5.92. The molecular weight excluding hydrogens is 542 g/mol. The lowest BCUT2D eigenvalue weighted by molar-refractivity contribution is -0.144. The lowest BCUT2D eigenvalue weighted by atomic mass is 9.60. The summed E-state index contributed by atoms with van der Waals surface area (Å²) >= 11 is 6.76. The summed E-state index contributed by atoms with van der Waals surface area (Å²) in [6.07, 6.45) is -0.208. The standard InChI is InChI=1S/C28H34ClN3O8/c1-11(26(39)31-27(2,3)4)32(5)10-13-8-16(33)19-15(21(13)29)7-12-6-14-9-17(34)20(25(30)38)24(37)28(14,40)23(36)18(12)22(19)35/h8,11-12,14,33-34,36,40H,6-7,9-10H2,1-5H3,(H2,30,38)(H,31,39)/t11-,12?,14?,28?/m1/s1. The number of nitrogens with two attached hydrogens (primary N) is 1. The number of nitrogens with one attached hydrogen (secondary N) is 1. The third-order valence-corrected chi connectivity index (χ3v) is 8.50. The minimum Gasteiger partial charge on any atom is -0.511 e.